The second-order valence-electron chi connectivity index (χ2n) is 3.99. The summed E-state index contributed by atoms with van der Waals surface area (Å²) in [5.74, 6) is 0.344. The maximum atomic E-state index is 12.3. The number of aryl methyl sites for hydroxylation is 2. The molecule has 0 aliphatic carbocycles. The fourth-order valence-corrected chi connectivity index (χ4v) is 3.35. The van der Waals surface area contributed by atoms with Crippen LogP contribution in [0.2, 0.25) is 0 Å². The van der Waals surface area contributed by atoms with Gasteiger partial charge in [0.05, 0.1) is 0 Å². The van der Waals surface area contributed by atoms with Gasteiger partial charge in [0.15, 0.2) is 5.76 Å². The van der Waals surface area contributed by atoms with Gasteiger partial charge in [0.1, 0.15) is 10.6 Å². The highest BCUT2D eigenvalue weighted by molar-refractivity contribution is 7.89. The fraction of sp³-hybridized carbons (Fsp3) is 0.667. The topological polar surface area (TPSA) is 75.4 Å². The van der Waals surface area contributed by atoms with Gasteiger partial charge in [-0.3, -0.25) is 0 Å². The summed E-state index contributed by atoms with van der Waals surface area (Å²) in [6.07, 6.45) is 0. The van der Waals surface area contributed by atoms with E-state index in [1.807, 2.05) is 0 Å². The molecule has 1 saturated heterocycles. The molecule has 1 N–H and O–H groups in total. The minimum atomic E-state index is -3.48. The zero-order chi connectivity index (χ0) is 11.9. The van der Waals surface area contributed by atoms with Gasteiger partial charge in [-0.2, -0.15) is 4.31 Å². The molecule has 98 valence electrons. The van der Waals surface area contributed by atoms with E-state index in [9.17, 15) is 8.42 Å². The van der Waals surface area contributed by atoms with Crippen LogP contribution in [0, 0.1) is 13.8 Å². The molecule has 0 amide bonds. The van der Waals surface area contributed by atoms with Gasteiger partial charge in [-0.1, -0.05) is 5.16 Å². The molecule has 17 heavy (non-hydrogen) atoms. The SMILES string of the molecule is Cc1noc(C)c1S(=O)(=O)N(C)C1CNC1.Cl. The summed E-state index contributed by atoms with van der Waals surface area (Å²) in [7, 11) is -1.89. The first-order chi connectivity index (χ1) is 7.44. The van der Waals surface area contributed by atoms with E-state index in [1.165, 1.54) is 4.31 Å². The van der Waals surface area contributed by atoms with Gasteiger partial charge in [-0.25, -0.2) is 8.42 Å². The average molecular weight is 282 g/mol. The van der Waals surface area contributed by atoms with Gasteiger partial charge < -0.3 is 9.84 Å². The van der Waals surface area contributed by atoms with Crippen molar-refractivity contribution in [3.63, 3.8) is 0 Å². The van der Waals surface area contributed by atoms with Crippen LogP contribution in [0.5, 0.6) is 0 Å². The highest BCUT2D eigenvalue weighted by atomic mass is 35.5. The van der Waals surface area contributed by atoms with Crippen molar-refractivity contribution in [2.24, 2.45) is 0 Å². The highest BCUT2D eigenvalue weighted by Crippen LogP contribution is 2.24. The molecule has 0 unspecified atom stereocenters. The van der Waals surface area contributed by atoms with Gasteiger partial charge in [-0.05, 0) is 13.8 Å². The summed E-state index contributed by atoms with van der Waals surface area (Å²) in [6.45, 7) is 4.63. The van der Waals surface area contributed by atoms with E-state index in [0.29, 0.717) is 24.5 Å². The molecule has 1 aliphatic rings. The van der Waals surface area contributed by atoms with E-state index in [1.54, 1.807) is 20.9 Å². The van der Waals surface area contributed by atoms with Crippen LogP contribution in [0.15, 0.2) is 9.42 Å². The summed E-state index contributed by atoms with van der Waals surface area (Å²) in [4.78, 5) is 0.196. The number of hydrogen-bond acceptors (Lipinski definition) is 5. The summed E-state index contributed by atoms with van der Waals surface area (Å²) < 4.78 is 30.8. The van der Waals surface area contributed by atoms with Gasteiger partial charge in [-0.15, -0.1) is 12.4 Å². The van der Waals surface area contributed by atoms with E-state index in [2.05, 4.69) is 10.5 Å². The summed E-state index contributed by atoms with van der Waals surface area (Å²) in [5, 5.41) is 6.72. The second kappa shape index (κ2) is 4.93. The lowest BCUT2D eigenvalue weighted by atomic mass is 10.2. The van der Waals surface area contributed by atoms with Crippen LogP contribution in [0.4, 0.5) is 0 Å². The molecule has 0 atom stereocenters. The molecular weight excluding hydrogens is 266 g/mol. The first-order valence-corrected chi connectivity index (χ1v) is 6.50. The van der Waals surface area contributed by atoms with Gasteiger partial charge in [0.2, 0.25) is 10.0 Å². The lowest BCUT2D eigenvalue weighted by Gasteiger charge is -2.34. The molecule has 0 aromatic carbocycles. The molecule has 0 spiro atoms. The van der Waals surface area contributed by atoms with Crippen LogP contribution < -0.4 is 5.32 Å². The van der Waals surface area contributed by atoms with Crippen LogP contribution >= 0.6 is 12.4 Å². The molecule has 1 aromatic rings. The number of likely N-dealkylation sites (N-methyl/N-ethyl adjacent to an activating group) is 1. The van der Waals surface area contributed by atoms with E-state index in [4.69, 9.17) is 4.52 Å². The third-order valence-corrected chi connectivity index (χ3v) is 5.03. The summed E-state index contributed by atoms with van der Waals surface area (Å²) in [6, 6.07) is 0.0266. The molecule has 0 bridgehead atoms. The van der Waals surface area contributed by atoms with Crippen molar-refractivity contribution in [1.82, 2.24) is 14.8 Å². The predicted octanol–water partition coefficient (Wildman–Crippen LogP) is 0.306. The van der Waals surface area contributed by atoms with Crippen molar-refractivity contribution in [2.45, 2.75) is 24.8 Å². The monoisotopic (exact) mass is 281 g/mol. The predicted molar refractivity (Wildman–Crippen MR) is 64.8 cm³/mol. The lowest BCUT2D eigenvalue weighted by molar-refractivity contribution is 0.273. The number of sulfonamides is 1. The van der Waals surface area contributed by atoms with Crippen molar-refractivity contribution < 1.29 is 12.9 Å². The summed E-state index contributed by atoms with van der Waals surface area (Å²) in [5.41, 5.74) is 0.414. The standard InChI is InChI=1S/C9H15N3O3S.ClH/c1-6-9(7(2)15-11-6)16(13,14)12(3)8-4-10-5-8;/h8,10H,4-5H2,1-3H3;1H. The van der Waals surface area contributed by atoms with Crippen LogP contribution in [0.3, 0.4) is 0 Å². The molecule has 0 saturated carbocycles. The fourth-order valence-electron chi connectivity index (χ4n) is 1.71. The van der Waals surface area contributed by atoms with Crippen LogP contribution in [-0.2, 0) is 10.0 Å². The summed E-state index contributed by atoms with van der Waals surface area (Å²) >= 11 is 0. The van der Waals surface area contributed by atoms with Crippen molar-refractivity contribution in [3.05, 3.63) is 11.5 Å². The molecular formula is C9H16ClN3O3S. The van der Waals surface area contributed by atoms with Gasteiger partial charge in [0, 0.05) is 26.2 Å². The first-order valence-electron chi connectivity index (χ1n) is 5.06. The molecule has 2 rings (SSSR count). The Hall–Kier alpha value is -0.630. The van der Waals surface area contributed by atoms with Gasteiger partial charge >= 0.3 is 0 Å². The third-order valence-electron chi connectivity index (χ3n) is 2.88. The zero-order valence-corrected chi connectivity index (χ0v) is 11.6. The Bertz CT molecular complexity index is 476. The Morgan fingerprint density at radius 1 is 1.41 bits per heavy atom. The molecule has 0 radical (unpaired) electrons. The number of nitrogens with one attached hydrogen (secondary N) is 1. The lowest BCUT2D eigenvalue weighted by Crippen LogP contribution is -2.57. The Balaban J connectivity index is 0.00000144. The minimum absolute atomic E-state index is 0. The van der Waals surface area contributed by atoms with E-state index < -0.39 is 10.0 Å². The smallest absolute Gasteiger partial charge is 0.248 e. The van der Waals surface area contributed by atoms with E-state index in [-0.39, 0.29) is 23.3 Å². The Kier molecular flexibility index (Phi) is 4.19. The van der Waals surface area contributed by atoms with Crippen LogP contribution in [0.1, 0.15) is 11.5 Å². The largest absolute Gasteiger partial charge is 0.360 e. The van der Waals surface area contributed by atoms with Crippen LogP contribution in [0.25, 0.3) is 0 Å². The third kappa shape index (κ3) is 2.33. The Labute approximate surface area is 107 Å². The zero-order valence-electron chi connectivity index (χ0n) is 9.93. The number of aromatic nitrogens is 1. The molecule has 8 heteroatoms. The normalized spacial score (nSPS) is 16.7. The quantitative estimate of drug-likeness (QED) is 0.863. The van der Waals surface area contributed by atoms with Crippen LogP contribution in [-0.4, -0.2) is 44.1 Å². The minimum Gasteiger partial charge on any atom is -0.360 e. The maximum Gasteiger partial charge on any atom is 0.248 e. The van der Waals surface area contributed by atoms with E-state index >= 15 is 0 Å². The van der Waals surface area contributed by atoms with Crippen molar-refractivity contribution in [3.8, 4) is 0 Å². The second-order valence-corrected chi connectivity index (χ2v) is 5.92. The van der Waals surface area contributed by atoms with Gasteiger partial charge in [0.25, 0.3) is 0 Å². The number of nitrogens with zero attached hydrogens (tertiary/aromatic N) is 2. The van der Waals surface area contributed by atoms with Crippen molar-refractivity contribution >= 4 is 22.4 Å². The van der Waals surface area contributed by atoms with E-state index in [0.717, 1.165) is 0 Å². The number of rotatable bonds is 3. The molecule has 1 aliphatic heterocycles. The Morgan fingerprint density at radius 2 is 2.00 bits per heavy atom. The highest BCUT2D eigenvalue weighted by Gasteiger charge is 2.35. The maximum absolute atomic E-state index is 12.3. The number of halogens is 1. The number of hydrogen-bond donors (Lipinski definition) is 1. The van der Waals surface area contributed by atoms with Crippen molar-refractivity contribution in [2.75, 3.05) is 20.1 Å². The first kappa shape index (κ1) is 14.4. The molecule has 6 nitrogen and oxygen atoms in total. The Morgan fingerprint density at radius 3 is 2.35 bits per heavy atom. The molecule has 1 aromatic heterocycles. The molecule has 1 fully saturated rings. The average Bonchev–Trinajstić information content (AvgIpc) is 2.43. The van der Waals surface area contributed by atoms with Crippen molar-refractivity contribution in [1.29, 1.82) is 0 Å². The molecule has 2 heterocycles.